The minimum absolute atomic E-state index is 0.208. The Morgan fingerprint density at radius 3 is 2.00 bits per heavy atom. The lowest BCUT2D eigenvalue weighted by atomic mass is 9.88. The topological polar surface area (TPSA) is 94.8 Å². The number of carboxylic acid groups (broad SMARTS) is 1. The van der Waals surface area contributed by atoms with Crippen LogP contribution >= 0.6 is 0 Å². The van der Waals surface area contributed by atoms with E-state index in [-0.39, 0.29) is 5.92 Å². The highest BCUT2D eigenvalue weighted by Gasteiger charge is 2.43. The van der Waals surface area contributed by atoms with Crippen LogP contribution in [0.5, 0.6) is 0 Å². The van der Waals surface area contributed by atoms with Crippen LogP contribution in [-0.4, -0.2) is 38.8 Å². The first-order valence-corrected chi connectivity index (χ1v) is 4.36. The summed E-state index contributed by atoms with van der Waals surface area (Å²) in [7, 11) is 0. The molecule has 2 atom stereocenters. The maximum absolute atomic E-state index is 10.9. The molecule has 2 unspecified atom stereocenters. The van der Waals surface area contributed by atoms with E-state index in [1.54, 1.807) is 13.8 Å². The van der Waals surface area contributed by atoms with E-state index in [0.29, 0.717) is 0 Å². The molecule has 5 heteroatoms. The fraction of sp³-hybridized carbons (Fsp3) is 0.778. The third-order valence-electron chi connectivity index (χ3n) is 2.21. The summed E-state index contributed by atoms with van der Waals surface area (Å²) in [6.07, 6.45) is -1.49. The third kappa shape index (κ3) is 2.78. The molecule has 14 heavy (non-hydrogen) atoms. The summed E-state index contributed by atoms with van der Waals surface area (Å²) in [6.45, 7) is 4.33. The summed E-state index contributed by atoms with van der Waals surface area (Å²) >= 11 is 0. The van der Waals surface area contributed by atoms with Crippen LogP contribution in [0.25, 0.3) is 0 Å². The molecule has 0 heterocycles. The molecule has 0 aliphatic carbocycles. The van der Waals surface area contributed by atoms with Crippen molar-refractivity contribution in [3.05, 3.63) is 0 Å². The van der Waals surface area contributed by atoms with E-state index in [2.05, 4.69) is 0 Å². The minimum Gasteiger partial charge on any atom is -0.479 e. The van der Waals surface area contributed by atoms with Crippen LogP contribution in [0.3, 0.4) is 0 Å². The van der Waals surface area contributed by atoms with Gasteiger partial charge in [0.1, 0.15) is 0 Å². The number of rotatable bonds is 5. The molecule has 0 aromatic carbocycles. The molecule has 0 saturated carbocycles. The van der Waals surface area contributed by atoms with Gasteiger partial charge >= 0.3 is 5.97 Å². The molecule has 0 aliphatic rings. The largest absolute Gasteiger partial charge is 0.479 e. The number of hydrogen-bond donors (Lipinski definition) is 3. The maximum atomic E-state index is 10.9. The summed E-state index contributed by atoms with van der Waals surface area (Å²) in [5.74, 6) is -2.70. The molecule has 0 saturated heterocycles. The SMILES string of the molecule is CC(=O)C(O)(CC(O)C(C)C)C(=O)O. The molecule has 0 fully saturated rings. The van der Waals surface area contributed by atoms with E-state index >= 15 is 0 Å². The van der Waals surface area contributed by atoms with Gasteiger partial charge in [-0.2, -0.15) is 0 Å². The average molecular weight is 204 g/mol. The molecule has 82 valence electrons. The van der Waals surface area contributed by atoms with Gasteiger partial charge in [0.25, 0.3) is 0 Å². The van der Waals surface area contributed by atoms with E-state index in [1.807, 2.05) is 0 Å². The minimum atomic E-state index is -2.47. The Morgan fingerprint density at radius 1 is 1.36 bits per heavy atom. The predicted molar refractivity (Wildman–Crippen MR) is 48.7 cm³/mol. The van der Waals surface area contributed by atoms with Crippen LogP contribution < -0.4 is 0 Å². The van der Waals surface area contributed by atoms with Crippen molar-refractivity contribution in [1.29, 1.82) is 0 Å². The van der Waals surface area contributed by atoms with Crippen molar-refractivity contribution in [3.8, 4) is 0 Å². The Kier molecular flexibility index (Phi) is 4.22. The van der Waals surface area contributed by atoms with Crippen molar-refractivity contribution in [2.75, 3.05) is 0 Å². The number of aliphatic hydroxyl groups excluding tert-OH is 1. The molecule has 0 rings (SSSR count). The van der Waals surface area contributed by atoms with Gasteiger partial charge in [-0.1, -0.05) is 13.8 Å². The number of Topliss-reactive ketones (excluding diaryl/α,β-unsaturated/α-hetero) is 1. The Morgan fingerprint density at radius 2 is 1.79 bits per heavy atom. The summed E-state index contributed by atoms with van der Waals surface area (Å²) in [5, 5.41) is 27.5. The quantitative estimate of drug-likeness (QED) is 0.539. The van der Waals surface area contributed by atoms with Gasteiger partial charge in [-0.25, -0.2) is 4.79 Å². The highest BCUT2D eigenvalue weighted by molar-refractivity contribution is 6.05. The molecule has 0 spiro atoms. The number of carbonyl (C=O) groups is 2. The van der Waals surface area contributed by atoms with E-state index < -0.39 is 29.9 Å². The van der Waals surface area contributed by atoms with Crippen LogP contribution in [-0.2, 0) is 9.59 Å². The first kappa shape index (κ1) is 13.1. The van der Waals surface area contributed by atoms with Gasteiger partial charge in [0.2, 0.25) is 5.60 Å². The van der Waals surface area contributed by atoms with Crippen LogP contribution in [0.4, 0.5) is 0 Å². The van der Waals surface area contributed by atoms with Crippen molar-refractivity contribution in [1.82, 2.24) is 0 Å². The predicted octanol–water partition coefficient (Wildman–Crippen LogP) is -0.202. The van der Waals surface area contributed by atoms with Crippen LogP contribution in [0.15, 0.2) is 0 Å². The van der Waals surface area contributed by atoms with Gasteiger partial charge in [0.15, 0.2) is 5.78 Å². The normalized spacial score (nSPS) is 17.6. The molecular weight excluding hydrogens is 188 g/mol. The lowest BCUT2D eigenvalue weighted by molar-refractivity contribution is -0.168. The number of carboxylic acids is 1. The van der Waals surface area contributed by atoms with E-state index in [1.165, 1.54) is 0 Å². The zero-order valence-corrected chi connectivity index (χ0v) is 8.52. The number of aliphatic hydroxyl groups is 2. The van der Waals surface area contributed by atoms with Crippen LogP contribution in [0, 0.1) is 5.92 Å². The van der Waals surface area contributed by atoms with Crippen molar-refractivity contribution >= 4 is 11.8 Å². The maximum Gasteiger partial charge on any atom is 0.343 e. The summed E-state index contributed by atoms with van der Waals surface area (Å²) < 4.78 is 0. The molecule has 0 aromatic rings. The fourth-order valence-electron chi connectivity index (χ4n) is 0.920. The Labute approximate surface area is 82.4 Å². The zero-order valence-electron chi connectivity index (χ0n) is 8.52. The van der Waals surface area contributed by atoms with Gasteiger partial charge in [0.05, 0.1) is 6.10 Å². The standard InChI is InChI=1S/C9H16O5/c1-5(2)7(11)4-9(14,6(3)10)8(12)13/h5,7,11,14H,4H2,1-3H3,(H,12,13). The first-order chi connectivity index (χ1) is 6.21. The fourth-order valence-corrected chi connectivity index (χ4v) is 0.920. The summed E-state index contributed by atoms with van der Waals surface area (Å²) in [6, 6.07) is 0. The smallest absolute Gasteiger partial charge is 0.343 e. The number of ketones is 1. The lowest BCUT2D eigenvalue weighted by Crippen LogP contribution is -2.48. The second-order valence-electron chi connectivity index (χ2n) is 3.74. The molecular formula is C9H16O5. The van der Waals surface area contributed by atoms with E-state index in [9.17, 15) is 19.8 Å². The van der Waals surface area contributed by atoms with Crippen LogP contribution in [0.1, 0.15) is 27.2 Å². The van der Waals surface area contributed by atoms with E-state index in [4.69, 9.17) is 5.11 Å². The highest BCUT2D eigenvalue weighted by atomic mass is 16.4. The average Bonchev–Trinajstić information content (AvgIpc) is 2.02. The third-order valence-corrected chi connectivity index (χ3v) is 2.21. The van der Waals surface area contributed by atoms with E-state index in [0.717, 1.165) is 6.92 Å². The highest BCUT2D eigenvalue weighted by Crippen LogP contribution is 2.19. The first-order valence-electron chi connectivity index (χ1n) is 4.36. The number of aliphatic carboxylic acids is 1. The monoisotopic (exact) mass is 204 g/mol. The van der Waals surface area contributed by atoms with Gasteiger partial charge < -0.3 is 15.3 Å². The Balaban J connectivity index is 4.71. The van der Waals surface area contributed by atoms with Gasteiger partial charge in [-0.3, -0.25) is 4.79 Å². The van der Waals surface area contributed by atoms with Crippen molar-refractivity contribution in [2.45, 2.75) is 38.9 Å². The van der Waals surface area contributed by atoms with Crippen molar-refractivity contribution < 1.29 is 24.9 Å². The second-order valence-corrected chi connectivity index (χ2v) is 3.74. The number of carbonyl (C=O) groups excluding carboxylic acids is 1. The Bertz CT molecular complexity index is 219. The molecule has 3 N–H and O–H groups in total. The van der Waals surface area contributed by atoms with Gasteiger partial charge in [-0.15, -0.1) is 0 Å². The van der Waals surface area contributed by atoms with Gasteiger partial charge in [0, 0.05) is 6.42 Å². The molecule has 0 radical (unpaired) electrons. The van der Waals surface area contributed by atoms with Crippen molar-refractivity contribution in [2.24, 2.45) is 5.92 Å². The second kappa shape index (κ2) is 4.52. The molecule has 0 aliphatic heterocycles. The molecule has 5 nitrogen and oxygen atoms in total. The molecule has 0 bridgehead atoms. The van der Waals surface area contributed by atoms with Gasteiger partial charge in [-0.05, 0) is 12.8 Å². The summed E-state index contributed by atoms with van der Waals surface area (Å²) in [4.78, 5) is 21.6. The van der Waals surface area contributed by atoms with Crippen LogP contribution in [0.2, 0.25) is 0 Å². The molecule has 0 amide bonds. The number of hydrogen-bond acceptors (Lipinski definition) is 4. The zero-order chi connectivity index (χ0) is 11.5. The lowest BCUT2D eigenvalue weighted by Gasteiger charge is -2.24. The summed E-state index contributed by atoms with van der Waals surface area (Å²) in [5.41, 5.74) is -2.47. The molecule has 0 aromatic heterocycles. The Hall–Kier alpha value is -0.940. The van der Waals surface area contributed by atoms with Crippen molar-refractivity contribution in [3.63, 3.8) is 0 Å².